The Labute approximate surface area is 167 Å². The van der Waals surface area contributed by atoms with Crippen molar-refractivity contribution in [3.63, 3.8) is 0 Å². The van der Waals surface area contributed by atoms with E-state index in [2.05, 4.69) is 0 Å². The highest BCUT2D eigenvalue weighted by Gasteiger charge is 2.11. The summed E-state index contributed by atoms with van der Waals surface area (Å²) in [4.78, 5) is 35.2. The monoisotopic (exact) mass is 390 g/mol. The zero-order valence-corrected chi connectivity index (χ0v) is 15.7. The molecule has 0 radical (unpaired) electrons. The molecule has 0 unspecified atom stereocenters. The smallest absolute Gasteiger partial charge is 0.343 e. The molecule has 0 aromatic heterocycles. The van der Waals surface area contributed by atoms with Crippen LogP contribution >= 0.6 is 0 Å². The van der Waals surface area contributed by atoms with Gasteiger partial charge in [0.1, 0.15) is 18.1 Å². The molecule has 3 aromatic carbocycles. The second-order valence-electron chi connectivity index (χ2n) is 6.09. The maximum Gasteiger partial charge on any atom is 0.343 e. The molecule has 6 nitrogen and oxygen atoms in total. The van der Waals surface area contributed by atoms with Gasteiger partial charge in [-0.2, -0.15) is 0 Å². The van der Waals surface area contributed by atoms with E-state index in [-0.39, 0.29) is 6.61 Å². The number of hydrogen-bond acceptors (Lipinski definition) is 6. The molecule has 3 rings (SSSR count). The van der Waals surface area contributed by atoms with E-state index in [0.29, 0.717) is 22.6 Å². The van der Waals surface area contributed by atoms with Gasteiger partial charge in [0.2, 0.25) is 0 Å². The highest BCUT2D eigenvalue weighted by atomic mass is 16.5. The van der Waals surface area contributed by atoms with Gasteiger partial charge in [0.25, 0.3) is 0 Å². The minimum atomic E-state index is -0.571. The Bertz CT molecular complexity index is 992. The van der Waals surface area contributed by atoms with E-state index < -0.39 is 17.9 Å². The fourth-order valence-corrected chi connectivity index (χ4v) is 2.46. The maximum absolute atomic E-state index is 12.2. The van der Waals surface area contributed by atoms with Crippen molar-refractivity contribution in [3.8, 4) is 11.5 Å². The van der Waals surface area contributed by atoms with Gasteiger partial charge in [-0.1, -0.05) is 30.3 Å². The lowest BCUT2D eigenvalue weighted by atomic mass is 10.2. The molecule has 0 bridgehead atoms. The van der Waals surface area contributed by atoms with Gasteiger partial charge in [-0.3, -0.25) is 4.79 Å². The normalized spacial score (nSPS) is 10.1. The minimum Gasteiger partial charge on any atom is -0.457 e. The summed E-state index contributed by atoms with van der Waals surface area (Å²) in [5, 5.41) is 0. The SMILES string of the molecule is CC(=O)Oc1ccc(C(=O)Oc2ccc(C(=O)OCc3ccccc3)cc2)cc1. The molecule has 0 heterocycles. The fourth-order valence-electron chi connectivity index (χ4n) is 2.46. The van der Waals surface area contributed by atoms with Crippen molar-refractivity contribution in [3.05, 3.63) is 95.6 Å². The van der Waals surface area contributed by atoms with E-state index in [0.717, 1.165) is 5.56 Å². The summed E-state index contributed by atoms with van der Waals surface area (Å²) in [7, 11) is 0. The Kier molecular flexibility index (Phi) is 6.37. The second-order valence-corrected chi connectivity index (χ2v) is 6.09. The van der Waals surface area contributed by atoms with E-state index in [1.54, 1.807) is 0 Å². The third kappa shape index (κ3) is 5.77. The summed E-state index contributed by atoms with van der Waals surface area (Å²) in [6.07, 6.45) is 0. The van der Waals surface area contributed by atoms with Gasteiger partial charge in [-0.05, 0) is 54.1 Å². The Morgan fingerprint density at radius 1 is 0.655 bits per heavy atom. The van der Waals surface area contributed by atoms with Crippen molar-refractivity contribution in [1.82, 2.24) is 0 Å². The van der Waals surface area contributed by atoms with E-state index >= 15 is 0 Å². The molecular weight excluding hydrogens is 372 g/mol. The minimum absolute atomic E-state index is 0.180. The Morgan fingerprint density at radius 2 is 1.17 bits per heavy atom. The van der Waals surface area contributed by atoms with Crippen LogP contribution in [0.1, 0.15) is 33.2 Å². The molecule has 0 N–H and O–H groups in total. The summed E-state index contributed by atoms with van der Waals surface area (Å²) in [6.45, 7) is 1.48. The Morgan fingerprint density at radius 3 is 1.72 bits per heavy atom. The van der Waals surface area contributed by atoms with E-state index in [1.165, 1.54) is 55.5 Å². The molecule has 0 aliphatic rings. The number of hydrogen-bond donors (Lipinski definition) is 0. The highest BCUT2D eigenvalue weighted by molar-refractivity contribution is 5.92. The van der Waals surface area contributed by atoms with Crippen molar-refractivity contribution in [2.75, 3.05) is 0 Å². The van der Waals surface area contributed by atoms with Crippen LogP contribution in [0.5, 0.6) is 11.5 Å². The topological polar surface area (TPSA) is 78.9 Å². The lowest BCUT2D eigenvalue weighted by molar-refractivity contribution is -0.131. The molecular formula is C23H18O6. The van der Waals surface area contributed by atoms with Crippen molar-refractivity contribution >= 4 is 17.9 Å². The summed E-state index contributed by atoms with van der Waals surface area (Å²) in [6, 6.07) is 21.5. The molecule has 0 spiro atoms. The first-order valence-corrected chi connectivity index (χ1v) is 8.83. The molecule has 0 saturated heterocycles. The number of rotatable bonds is 6. The fraction of sp³-hybridized carbons (Fsp3) is 0.0870. The molecule has 29 heavy (non-hydrogen) atoms. The summed E-state index contributed by atoms with van der Waals surface area (Å²) in [5.74, 6) is -0.847. The number of ether oxygens (including phenoxy) is 3. The van der Waals surface area contributed by atoms with Crippen LogP contribution in [0.4, 0.5) is 0 Å². The molecule has 0 atom stereocenters. The maximum atomic E-state index is 12.2. The van der Waals surface area contributed by atoms with Gasteiger partial charge in [0.05, 0.1) is 11.1 Å². The lowest BCUT2D eigenvalue weighted by Crippen LogP contribution is -2.09. The predicted octanol–water partition coefficient (Wildman–Crippen LogP) is 4.19. The van der Waals surface area contributed by atoms with E-state index in [4.69, 9.17) is 14.2 Å². The van der Waals surface area contributed by atoms with Crippen molar-refractivity contribution in [2.45, 2.75) is 13.5 Å². The van der Waals surface area contributed by atoms with Crippen LogP contribution in [0.15, 0.2) is 78.9 Å². The first kappa shape index (κ1) is 19.8. The van der Waals surface area contributed by atoms with Crippen LogP contribution in [-0.4, -0.2) is 17.9 Å². The largest absolute Gasteiger partial charge is 0.457 e. The van der Waals surface area contributed by atoms with Crippen LogP contribution in [0.3, 0.4) is 0 Å². The van der Waals surface area contributed by atoms with Crippen LogP contribution < -0.4 is 9.47 Å². The van der Waals surface area contributed by atoms with Crippen LogP contribution in [0, 0.1) is 0 Å². The quantitative estimate of drug-likeness (QED) is 0.464. The predicted molar refractivity (Wildman–Crippen MR) is 105 cm³/mol. The zero-order chi connectivity index (χ0) is 20.6. The van der Waals surface area contributed by atoms with Gasteiger partial charge < -0.3 is 14.2 Å². The van der Waals surface area contributed by atoms with Crippen LogP contribution in [0.2, 0.25) is 0 Å². The van der Waals surface area contributed by atoms with Gasteiger partial charge in [0, 0.05) is 6.92 Å². The molecule has 3 aromatic rings. The van der Waals surface area contributed by atoms with Crippen LogP contribution in [-0.2, 0) is 16.1 Å². The van der Waals surface area contributed by atoms with Crippen molar-refractivity contribution < 1.29 is 28.6 Å². The first-order chi connectivity index (χ1) is 14.0. The van der Waals surface area contributed by atoms with Gasteiger partial charge >= 0.3 is 17.9 Å². The van der Waals surface area contributed by atoms with E-state index in [9.17, 15) is 14.4 Å². The first-order valence-electron chi connectivity index (χ1n) is 8.83. The molecule has 6 heteroatoms. The zero-order valence-electron chi connectivity index (χ0n) is 15.7. The molecule has 0 saturated carbocycles. The average molecular weight is 390 g/mol. The summed E-state index contributed by atoms with van der Waals surface area (Å²) in [5.41, 5.74) is 1.55. The standard InChI is InChI=1S/C23H18O6/c1-16(24)28-20-11-9-19(10-12-20)23(26)29-21-13-7-18(8-14-21)22(25)27-15-17-5-3-2-4-6-17/h2-14H,15H2,1H3. The lowest BCUT2D eigenvalue weighted by Gasteiger charge is -2.07. The average Bonchev–Trinajstić information content (AvgIpc) is 2.73. The van der Waals surface area contributed by atoms with E-state index in [1.807, 2.05) is 30.3 Å². The number of carbonyl (C=O) groups is 3. The Hall–Kier alpha value is -3.93. The number of carbonyl (C=O) groups excluding carboxylic acids is 3. The van der Waals surface area contributed by atoms with Crippen LogP contribution in [0.25, 0.3) is 0 Å². The summed E-state index contributed by atoms with van der Waals surface area (Å²) >= 11 is 0. The van der Waals surface area contributed by atoms with Gasteiger partial charge in [0.15, 0.2) is 0 Å². The van der Waals surface area contributed by atoms with Crippen molar-refractivity contribution in [1.29, 1.82) is 0 Å². The molecule has 146 valence electrons. The highest BCUT2D eigenvalue weighted by Crippen LogP contribution is 2.17. The van der Waals surface area contributed by atoms with Gasteiger partial charge in [-0.25, -0.2) is 9.59 Å². The molecule has 0 aliphatic heterocycles. The molecule has 0 aliphatic carbocycles. The molecule has 0 fully saturated rings. The van der Waals surface area contributed by atoms with Crippen molar-refractivity contribution in [2.24, 2.45) is 0 Å². The Balaban J connectivity index is 1.56. The summed E-state index contributed by atoms with van der Waals surface area (Å²) < 4.78 is 15.5. The third-order valence-electron chi connectivity index (χ3n) is 3.86. The third-order valence-corrected chi connectivity index (χ3v) is 3.86. The number of esters is 3. The second kappa shape index (κ2) is 9.32. The molecule has 0 amide bonds. The number of benzene rings is 3. The van der Waals surface area contributed by atoms with Gasteiger partial charge in [-0.15, -0.1) is 0 Å².